The number of amides is 2. The molecular weight excluding hydrogens is 268 g/mol. The molecule has 1 fully saturated rings. The Morgan fingerprint density at radius 2 is 1.95 bits per heavy atom. The van der Waals surface area contributed by atoms with Gasteiger partial charge in [0.1, 0.15) is 5.82 Å². The van der Waals surface area contributed by atoms with Crippen molar-refractivity contribution in [2.24, 2.45) is 13.0 Å². The largest absolute Gasteiger partial charge is 0.348 e. The van der Waals surface area contributed by atoms with Gasteiger partial charge in [0.25, 0.3) is 5.91 Å². The van der Waals surface area contributed by atoms with Crippen molar-refractivity contribution in [1.29, 1.82) is 0 Å². The lowest BCUT2D eigenvalue weighted by Gasteiger charge is -2.22. The molecule has 1 heterocycles. The van der Waals surface area contributed by atoms with Crippen LogP contribution in [0.4, 0.5) is 5.82 Å². The Hall–Kier alpha value is -1.85. The molecule has 2 rings (SSSR count). The number of carbonyl (C=O) groups is 2. The average molecular weight is 292 g/mol. The zero-order valence-corrected chi connectivity index (χ0v) is 13.0. The summed E-state index contributed by atoms with van der Waals surface area (Å²) in [5.74, 6) is 0.182. The quantitative estimate of drug-likeness (QED) is 0.892. The molecule has 1 aliphatic carbocycles. The first kappa shape index (κ1) is 15.5. The third-order valence-electron chi connectivity index (χ3n) is 3.83. The van der Waals surface area contributed by atoms with Crippen LogP contribution < -0.4 is 10.6 Å². The van der Waals surface area contributed by atoms with Gasteiger partial charge >= 0.3 is 0 Å². The molecule has 2 N–H and O–H groups in total. The number of hydrogen-bond acceptors (Lipinski definition) is 3. The number of carbonyl (C=O) groups excluding carboxylic acids is 2. The monoisotopic (exact) mass is 292 g/mol. The fourth-order valence-corrected chi connectivity index (χ4v) is 2.47. The molecule has 0 unspecified atom stereocenters. The molecule has 0 bridgehead atoms. The number of nitrogens with zero attached hydrogens (tertiary/aromatic N) is 2. The molecule has 1 aromatic rings. The Kier molecular flexibility index (Phi) is 4.98. The number of anilines is 1. The van der Waals surface area contributed by atoms with Crippen LogP contribution in [0, 0.1) is 5.92 Å². The van der Waals surface area contributed by atoms with Crippen molar-refractivity contribution >= 4 is 17.6 Å². The van der Waals surface area contributed by atoms with Crippen LogP contribution in [0.2, 0.25) is 0 Å². The van der Waals surface area contributed by atoms with Crippen molar-refractivity contribution in [3.8, 4) is 0 Å². The van der Waals surface area contributed by atoms with Crippen LogP contribution in [-0.4, -0.2) is 27.6 Å². The predicted molar refractivity (Wildman–Crippen MR) is 81.0 cm³/mol. The standard InChI is InChI=1S/C15H24N4O2/c1-10(2)14(20)17-13-9-12(18-19(13)3)15(21)16-11-7-5-4-6-8-11/h9-11H,4-8H2,1-3H3,(H,16,21)(H,17,20). The van der Waals surface area contributed by atoms with E-state index in [1.54, 1.807) is 13.1 Å². The van der Waals surface area contributed by atoms with Gasteiger partial charge in [0.05, 0.1) is 0 Å². The van der Waals surface area contributed by atoms with E-state index in [-0.39, 0.29) is 23.8 Å². The SMILES string of the molecule is CC(C)C(=O)Nc1cc(C(=O)NC2CCCCC2)nn1C. The van der Waals surface area contributed by atoms with Gasteiger partial charge in [-0.2, -0.15) is 5.10 Å². The number of hydrogen-bond donors (Lipinski definition) is 2. The predicted octanol–water partition coefficient (Wildman–Crippen LogP) is 2.08. The van der Waals surface area contributed by atoms with Gasteiger partial charge in [-0.1, -0.05) is 33.1 Å². The second kappa shape index (κ2) is 6.74. The normalized spacial score (nSPS) is 16.0. The van der Waals surface area contributed by atoms with E-state index < -0.39 is 0 Å². The minimum absolute atomic E-state index is 0.0859. The van der Waals surface area contributed by atoms with E-state index in [1.807, 2.05) is 13.8 Å². The highest BCUT2D eigenvalue weighted by Gasteiger charge is 2.20. The zero-order chi connectivity index (χ0) is 15.4. The minimum atomic E-state index is -0.164. The van der Waals surface area contributed by atoms with Gasteiger partial charge in [-0.05, 0) is 12.8 Å². The van der Waals surface area contributed by atoms with Crippen molar-refractivity contribution in [2.45, 2.75) is 52.0 Å². The van der Waals surface area contributed by atoms with Gasteiger partial charge in [-0.15, -0.1) is 0 Å². The highest BCUT2D eigenvalue weighted by molar-refractivity contribution is 5.96. The molecule has 1 aromatic heterocycles. The molecule has 6 heteroatoms. The molecule has 0 aromatic carbocycles. The molecule has 116 valence electrons. The number of aryl methyl sites for hydroxylation is 1. The Balaban J connectivity index is 2.00. The van der Waals surface area contributed by atoms with Crippen molar-refractivity contribution in [3.05, 3.63) is 11.8 Å². The smallest absolute Gasteiger partial charge is 0.272 e. The molecule has 21 heavy (non-hydrogen) atoms. The van der Waals surface area contributed by atoms with E-state index in [0.717, 1.165) is 12.8 Å². The molecule has 0 atom stereocenters. The first-order valence-electron chi connectivity index (χ1n) is 7.63. The molecule has 0 saturated heterocycles. The summed E-state index contributed by atoms with van der Waals surface area (Å²) in [5.41, 5.74) is 0.349. The maximum Gasteiger partial charge on any atom is 0.272 e. The summed E-state index contributed by atoms with van der Waals surface area (Å²) >= 11 is 0. The third kappa shape index (κ3) is 4.06. The maximum absolute atomic E-state index is 12.2. The van der Waals surface area contributed by atoms with Crippen LogP contribution in [-0.2, 0) is 11.8 Å². The van der Waals surface area contributed by atoms with Gasteiger partial charge in [0, 0.05) is 25.1 Å². The molecular formula is C15H24N4O2. The summed E-state index contributed by atoms with van der Waals surface area (Å²) < 4.78 is 1.52. The second-order valence-corrected chi connectivity index (χ2v) is 5.99. The molecule has 2 amide bonds. The molecule has 0 spiro atoms. The third-order valence-corrected chi connectivity index (χ3v) is 3.83. The maximum atomic E-state index is 12.2. The van der Waals surface area contributed by atoms with Crippen molar-refractivity contribution in [2.75, 3.05) is 5.32 Å². The highest BCUT2D eigenvalue weighted by Crippen LogP contribution is 2.18. The van der Waals surface area contributed by atoms with Crippen LogP contribution >= 0.6 is 0 Å². The van der Waals surface area contributed by atoms with Crippen LogP contribution in [0.1, 0.15) is 56.4 Å². The molecule has 0 radical (unpaired) electrons. The summed E-state index contributed by atoms with van der Waals surface area (Å²) in [6.07, 6.45) is 5.66. The first-order chi connectivity index (χ1) is 9.97. The molecule has 1 saturated carbocycles. The summed E-state index contributed by atoms with van der Waals surface area (Å²) in [5, 5.41) is 9.97. The van der Waals surface area contributed by atoms with Gasteiger partial charge < -0.3 is 10.6 Å². The number of aromatic nitrogens is 2. The van der Waals surface area contributed by atoms with E-state index in [1.165, 1.54) is 23.9 Å². The summed E-state index contributed by atoms with van der Waals surface area (Å²) in [7, 11) is 1.72. The van der Waals surface area contributed by atoms with Crippen LogP contribution in [0.5, 0.6) is 0 Å². The van der Waals surface area contributed by atoms with Crippen LogP contribution in [0.15, 0.2) is 6.07 Å². The number of nitrogens with one attached hydrogen (secondary N) is 2. The topological polar surface area (TPSA) is 76.0 Å². The lowest BCUT2D eigenvalue weighted by atomic mass is 9.95. The summed E-state index contributed by atoms with van der Waals surface area (Å²) in [6.45, 7) is 3.64. The Morgan fingerprint density at radius 3 is 2.57 bits per heavy atom. The fraction of sp³-hybridized carbons (Fsp3) is 0.667. The molecule has 0 aliphatic heterocycles. The average Bonchev–Trinajstić information content (AvgIpc) is 2.81. The Morgan fingerprint density at radius 1 is 1.29 bits per heavy atom. The van der Waals surface area contributed by atoms with E-state index in [2.05, 4.69) is 15.7 Å². The fourth-order valence-electron chi connectivity index (χ4n) is 2.47. The van der Waals surface area contributed by atoms with Crippen molar-refractivity contribution in [3.63, 3.8) is 0 Å². The zero-order valence-electron chi connectivity index (χ0n) is 13.0. The van der Waals surface area contributed by atoms with Gasteiger partial charge in [0.2, 0.25) is 5.91 Å². The molecule has 1 aliphatic rings. The van der Waals surface area contributed by atoms with Crippen LogP contribution in [0.25, 0.3) is 0 Å². The van der Waals surface area contributed by atoms with Crippen molar-refractivity contribution < 1.29 is 9.59 Å². The van der Waals surface area contributed by atoms with Crippen LogP contribution in [0.3, 0.4) is 0 Å². The Labute approximate surface area is 125 Å². The summed E-state index contributed by atoms with van der Waals surface area (Å²) in [6, 6.07) is 1.88. The number of rotatable bonds is 4. The van der Waals surface area contributed by atoms with Gasteiger partial charge in [-0.25, -0.2) is 0 Å². The van der Waals surface area contributed by atoms with E-state index >= 15 is 0 Å². The second-order valence-electron chi connectivity index (χ2n) is 5.99. The van der Waals surface area contributed by atoms with E-state index in [4.69, 9.17) is 0 Å². The Bertz CT molecular complexity index is 516. The van der Waals surface area contributed by atoms with Gasteiger partial charge in [0.15, 0.2) is 5.69 Å². The summed E-state index contributed by atoms with van der Waals surface area (Å²) in [4.78, 5) is 23.9. The van der Waals surface area contributed by atoms with Crippen molar-refractivity contribution in [1.82, 2.24) is 15.1 Å². The van der Waals surface area contributed by atoms with Gasteiger partial charge in [-0.3, -0.25) is 14.3 Å². The lowest BCUT2D eigenvalue weighted by Crippen LogP contribution is -2.36. The first-order valence-corrected chi connectivity index (χ1v) is 7.63. The van der Waals surface area contributed by atoms with E-state index in [0.29, 0.717) is 11.5 Å². The highest BCUT2D eigenvalue weighted by atomic mass is 16.2. The molecule has 6 nitrogen and oxygen atoms in total. The lowest BCUT2D eigenvalue weighted by molar-refractivity contribution is -0.118. The van der Waals surface area contributed by atoms with E-state index in [9.17, 15) is 9.59 Å². The minimum Gasteiger partial charge on any atom is -0.348 e.